The first kappa shape index (κ1) is 20.2. The molecule has 0 aliphatic carbocycles. The molecule has 0 aromatic heterocycles. The Labute approximate surface area is 152 Å². The summed E-state index contributed by atoms with van der Waals surface area (Å²) in [6, 6.07) is 7.66. The SMILES string of the molecule is COC1(C(=O)NCC(C)Oc2cccc(Br)c2)CCNCC1.Cl. The molecule has 1 fully saturated rings. The standard InChI is InChI=1S/C16H23BrN2O3.ClH/c1-12(22-14-5-3-4-13(17)10-14)11-19-15(20)16(21-2)6-8-18-9-7-16;/h3-5,10,12,18H,6-9,11H2,1-2H3,(H,19,20);1H. The molecule has 1 atom stereocenters. The van der Waals surface area contributed by atoms with Crippen molar-refractivity contribution in [3.8, 4) is 5.75 Å². The van der Waals surface area contributed by atoms with Gasteiger partial charge in [-0.15, -0.1) is 12.4 Å². The van der Waals surface area contributed by atoms with Gasteiger partial charge in [-0.3, -0.25) is 4.79 Å². The third-order valence-electron chi connectivity index (χ3n) is 3.90. The van der Waals surface area contributed by atoms with E-state index in [0.29, 0.717) is 19.4 Å². The van der Waals surface area contributed by atoms with Crippen LogP contribution in [0.25, 0.3) is 0 Å². The van der Waals surface area contributed by atoms with Crippen molar-refractivity contribution in [2.75, 3.05) is 26.7 Å². The summed E-state index contributed by atoms with van der Waals surface area (Å²) in [5.74, 6) is 0.723. The fourth-order valence-corrected chi connectivity index (χ4v) is 2.94. The van der Waals surface area contributed by atoms with Gasteiger partial charge in [0.2, 0.25) is 0 Å². The van der Waals surface area contributed by atoms with Gasteiger partial charge in [-0.25, -0.2) is 0 Å². The summed E-state index contributed by atoms with van der Waals surface area (Å²) >= 11 is 3.41. The fraction of sp³-hybridized carbons (Fsp3) is 0.562. The van der Waals surface area contributed by atoms with Gasteiger partial charge >= 0.3 is 0 Å². The smallest absolute Gasteiger partial charge is 0.252 e. The monoisotopic (exact) mass is 406 g/mol. The van der Waals surface area contributed by atoms with Crippen molar-refractivity contribution in [1.29, 1.82) is 0 Å². The van der Waals surface area contributed by atoms with Gasteiger partial charge in [-0.05, 0) is 51.1 Å². The Hall–Kier alpha value is -0.820. The van der Waals surface area contributed by atoms with Crippen molar-refractivity contribution in [2.24, 2.45) is 0 Å². The Morgan fingerprint density at radius 3 is 2.74 bits per heavy atom. The number of rotatable bonds is 6. The molecule has 1 aliphatic heterocycles. The molecule has 1 aliphatic rings. The molecular weight excluding hydrogens is 384 g/mol. The largest absolute Gasteiger partial charge is 0.489 e. The number of ether oxygens (including phenoxy) is 2. The van der Waals surface area contributed by atoms with Crippen LogP contribution in [-0.4, -0.2) is 44.4 Å². The molecule has 2 N–H and O–H groups in total. The Morgan fingerprint density at radius 2 is 2.13 bits per heavy atom. The molecule has 0 bridgehead atoms. The lowest BCUT2D eigenvalue weighted by Crippen LogP contribution is -2.55. The van der Waals surface area contributed by atoms with Crippen LogP contribution in [-0.2, 0) is 9.53 Å². The number of methoxy groups -OCH3 is 1. The number of amides is 1. The van der Waals surface area contributed by atoms with Crippen molar-refractivity contribution in [3.05, 3.63) is 28.7 Å². The van der Waals surface area contributed by atoms with Gasteiger partial charge in [0.15, 0.2) is 0 Å². The second-order valence-electron chi connectivity index (χ2n) is 5.54. The molecule has 1 aromatic carbocycles. The molecule has 5 nitrogen and oxygen atoms in total. The Kier molecular flexibility index (Phi) is 8.33. The van der Waals surface area contributed by atoms with Gasteiger partial charge in [0.05, 0.1) is 6.54 Å². The van der Waals surface area contributed by atoms with Gasteiger partial charge in [0.25, 0.3) is 5.91 Å². The van der Waals surface area contributed by atoms with Gasteiger partial charge in [-0.2, -0.15) is 0 Å². The molecule has 0 radical (unpaired) electrons. The third kappa shape index (κ3) is 5.64. The number of hydrogen-bond donors (Lipinski definition) is 2. The Bertz CT molecular complexity index is 510. The minimum atomic E-state index is -0.708. The van der Waals surface area contributed by atoms with E-state index >= 15 is 0 Å². The first-order valence-corrected chi connectivity index (χ1v) is 8.31. The number of carbonyl (C=O) groups excluding carboxylic acids is 1. The molecule has 1 aromatic rings. The van der Waals surface area contributed by atoms with Gasteiger partial charge in [-0.1, -0.05) is 22.0 Å². The Balaban J connectivity index is 0.00000264. The summed E-state index contributed by atoms with van der Waals surface area (Å²) < 4.78 is 12.3. The third-order valence-corrected chi connectivity index (χ3v) is 4.39. The number of benzene rings is 1. The summed E-state index contributed by atoms with van der Waals surface area (Å²) in [5, 5.41) is 6.19. The minimum absolute atomic E-state index is 0. The molecule has 0 spiro atoms. The average molecular weight is 408 g/mol. The van der Waals surface area contributed by atoms with Crippen LogP contribution in [0.2, 0.25) is 0 Å². The zero-order chi connectivity index (χ0) is 16.0. The van der Waals surface area contributed by atoms with E-state index in [-0.39, 0.29) is 24.4 Å². The van der Waals surface area contributed by atoms with Crippen molar-refractivity contribution < 1.29 is 14.3 Å². The molecule has 0 saturated carbocycles. The van der Waals surface area contributed by atoms with Gasteiger partial charge in [0.1, 0.15) is 17.5 Å². The van der Waals surface area contributed by atoms with Crippen molar-refractivity contribution in [3.63, 3.8) is 0 Å². The van der Waals surface area contributed by atoms with Gasteiger partial charge < -0.3 is 20.1 Å². The van der Waals surface area contributed by atoms with Crippen LogP contribution in [0, 0.1) is 0 Å². The number of hydrogen-bond acceptors (Lipinski definition) is 4. The van der Waals surface area contributed by atoms with Crippen molar-refractivity contribution in [1.82, 2.24) is 10.6 Å². The second kappa shape index (κ2) is 9.47. The minimum Gasteiger partial charge on any atom is -0.489 e. The number of nitrogens with one attached hydrogen (secondary N) is 2. The zero-order valence-corrected chi connectivity index (χ0v) is 15.8. The maximum atomic E-state index is 12.4. The molecule has 1 heterocycles. The van der Waals surface area contributed by atoms with Crippen LogP contribution in [0.15, 0.2) is 28.7 Å². The molecular formula is C16H24BrClN2O3. The van der Waals surface area contributed by atoms with E-state index in [1.165, 1.54) is 0 Å². The summed E-state index contributed by atoms with van der Waals surface area (Å²) in [6.45, 7) is 3.98. The van der Waals surface area contributed by atoms with E-state index in [1.807, 2.05) is 31.2 Å². The Morgan fingerprint density at radius 1 is 1.43 bits per heavy atom. The van der Waals surface area contributed by atoms with E-state index in [4.69, 9.17) is 9.47 Å². The predicted molar refractivity (Wildman–Crippen MR) is 96.3 cm³/mol. The van der Waals surface area contributed by atoms with Crippen molar-refractivity contribution in [2.45, 2.75) is 31.5 Å². The topological polar surface area (TPSA) is 59.6 Å². The lowest BCUT2D eigenvalue weighted by molar-refractivity contribution is -0.147. The highest BCUT2D eigenvalue weighted by Gasteiger charge is 2.39. The maximum absolute atomic E-state index is 12.4. The van der Waals surface area contributed by atoms with Gasteiger partial charge in [0, 0.05) is 11.6 Å². The van der Waals surface area contributed by atoms with Crippen LogP contribution < -0.4 is 15.4 Å². The first-order valence-electron chi connectivity index (χ1n) is 7.52. The highest BCUT2D eigenvalue weighted by molar-refractivity contribution is 9.10. The molecule has 1 unspecified atom stereocenters. The van der Waals surface area contributed by atoms with Crippen molar-refractivity contribution >= 4 is 34.2 Å². The zero-order valence-electron chi connectivity index (χ0n) is 13.4. The van der Waals surface area contributed by atoms with Crippen LogP contribution in [0.1, 0.15) is 19.8 Å². The summed E-state index contributed by atoms with van der Waals surface area (Å²) in [4.78, 5) is 12.4. The number of carbonyl (C=O) groups is 1. The quantitative estimate of drug-likeness (QED) is 0.761. The number of piperidine rings is 1. The highest BCUT2D eigenvalue weighted by atomic mass is 79.9. The van der Waals surface area contributed by atoms with E-state index in [0.717, 1.165) is 23.3 Å². The van der Waals surface area contributed by atoms with E-state index in [2.05, 4.69) is 26.6 Å². The first-order chi connectivity index (χ1) is 10.6. The van der Waals surface area contributed by atoms with Crippen LogP contribution in [0.5, 0.6) is 5.75 Å². The lowest BCUT2D eigenvalue weighted by Gasteiger charge is -2.35. The number of halogens is 2. The molecule has 1 amide bonds. The average Bonchev–Trinajstić information content (AvgIpc) is 2.53. The lowest BCUT2D eigenvalue weighted by atomic mass is 9.91. The molecule has 7 heteroatoms. The second-order valence-corrected chi connectivity index (χ2v) is 6.46. The van der Waals surface area contributed by atoms with Crippen LogP contribution in [0.3, 0.4) is 0 Å². The summed E-state index contributed by atoms with van der Waals surface area (Å²) in [5.41, 5.74) is -0.708. The van der Waals surface area contributed by atoms with E-state index < -0.39 is 5.60 Å². The van der Waals surface area contributed by atoms with E-state index in [1.54, 1.807) is 7.11 Å². The molecule has 2 rings (SSSR count). The molecule has 1 saturated heterocycles. The van der Waals surface area contributed by atoms with Crippen LogP contribution >= 0.6 is 28.3 Å². The van der Waals surface area contributed by atoms with E-state index in [9.17, 15) is 4.79 Å². The predicted octanol–water partition coefficient (Wildman–Crippen LogP) is 2.52. The summed E-state index contributed by atoms with van der Waals surface area (Å²) in [6.07, 6.45) is 1.26. The van der Waals surface area contributed by atoms with Crippen LogP contribution in [0.4, 0.5) is 0 Å². The maximum Gasteiger partial charge on any atom is 0.252 e. The molecule has 23 heavy (non-hydrogen) atoms. The fourth-order valence-electron chi connectivity index (χ4n) is 2.57. The highest BCUT2D eigenvalue weighted by Crippen LogP contribution is 2.23. The normalized spacial score (nSPS) is 17.7. The molecule has 130 valence electrons. The summed E-state index contributed by atoms with van der Waals surface area (Å²) in [7, 11) is 1.60.